The number of nitrogens with one attached hydrogen (secondary N) is 2. The maximum absolute atomic E-state index is 14.0. The van der Waals surface area contributed by atoms with Gasteiger partial charge in [0.05, 0.1) is 23.8 Å². The van der Waals surface area contributed by atoms with Gasteiger partial charge < -0.3 is 16.4 Å². The van der Waals surface area contributed by atoms with Crippen LogP contribution in [0.5, 0.6) is 0 Å². The number of hydrogen-bond donors (Lipinski definition) is 3. The van der Waals surface area contributed by atoms with Gasteiger partial charge in [-0.15, -0.1) is 0 Å². The number of carbonyl (C=O) groups is 3. The maximum atomic E-state index is 14.0. The SMILES string of the molecule is NC1CCCCC1NC(=O)c1ccc2c(c1)NC(=O)CC(c1ccc(F)cc1)N2C(=O)c1cccc(F)c1. The van der Waals surface area contributed by atoms with E-state index in [1.165, 1.54) is 53.4 Å². The van der Waals surface area contributed by atoms with Crippen LogP contribution in [0.3, 0.4) is 0 Å². The highest BCUT2D eigenvalue weighted by molar-refractivity contribution is 6.12. The molecule has 4 N–H and O–H groups in total. The summed E-state index contributed by atoms with van der Waals surface area (Å²) >= 11 is 0. The zero-order chi connectivity index (χ0) is 26.8. The van der Waals surface area contributed by atoms with E-state index in [1.54, 1.807) is 12.1 Å². The van der Waals surface area contributed by atoms with Crippen molar-refractivity contribution in [3.63, 3.8) is 0 Å². The molecule has 1 heterocycles. The molecule has 1 saturated carbocycles. The molecule has 1 aliphatic carbocycles. The molecule has 0 spiro atoms. The summed E-state index contributed by atoms with van der Waals surface area (Å²) in [4.78, 5) is 41.3. The summed E-state index contributed by atoms with van der Waals surface area (Å²) in [5, 5.41) is 5.79. The number of anilines is 2. The minimum absolute atomic E-state index is 0.0884. The highest BCUT2D eigenvalue weighted by atomic mass is 19.1. The quantitative estimate of drug-likeness (QED) is 0.466. The first kappa shape index (κ1) is 25.5. The van der Waals surface area contributed by atoms with E-state index < -0.39 is 23.6 Å². The molecule has 3 aromatic rings. The molecule has 1 fully saturated rings. The van der Waals surface area contributed by atoms with Crippen LogP contribution in [0.25, 0.3) is 0 Å². The van der Waals surface area contributed by atoms with E-state index in [0.717, 1.165) is 31.7 Å². The summed E-state index contributed by atoms with van der Waals surface area (Å²) < 4.78 is 27.7. The molecule has 0 bridgehead atoms. The third-order valence-electron chi connectivity index (χ3n) is 7.16. The van der Waals surface area contributed by atoms with Gasteiger partial charge in [0.1, 0.15) is 11.6 Å². The van der Waals surface area contributed by atoms with Gasteiger partial charge in [-0.3, -0.25) is 19.3 Å². The lowest BCUT2D eigenvalue weighted by Crippen LogP contribution is -2.49. The first-order chi connectivity index (χ1) is 18.3. The van der Waals surface area contributed by atoms with E-state index in [-0.39, 0.29) is 41.6 Å². The fraction of sp³-hybridized carbons (Fsp3) is 0.276. The van der Waals surface area contributed by atoms with Crippen molar-refractivity contribution in [3.05, 3.63) is 95.1 Å². The minimum atomic E-state index is -0.799. The Labute approximate surface area is 219 Å². The third kappa shape index (κ3) is 5.28. The number of amides is 3. The lowest BCUT2D eigenvalue weighted by atomic mass is 9.91. The van der Waals surface area contributed by atoms with Crippen LogP contribution in [0, 0.1) is 11.6 Å². The second kappa shape index (κ2) is 10.7. The number of benzene rings is 3. The molecule has 7 nitrogen and oxygen atoms in total. The van der Waals surface area contributed by atoms with Gasteiger partial charge in [-0.25, -0.2) is 8.78 Å². The second-order valence-corrected chi connectivity index (χ2v) is 9.77. The largest absolute Gasteiger partial charge is 0.348 e. The molecular weight excluding hydrogens is 490 g/mol. The summed E-state index contributed by atoms with van der Waals surface area (Å²) in [5.74, 6) is -2.29. The van der Waals surface area contributed by atoms with Gasteiger partial charge in [0.25, 0.3) is 11.8 Å². The number of carbonyl (C=O) groups excluding carboxylic acids is 3. The molecule has 5 rings (SSSR count). The summed E-state index contributed by atoms with van der Waals surface area (Å²) in [6, 6.07) is 14.4. The predicted molar refractivity (Wildman–Crippen MR) is 140 cm³/mol. The first-order valence-electron chi connectivity index (χ1n) is 12.6. The van der Waals surface area contributed by atoms with Gasteiger partial charge >= 0.3 is 0 Å². The lowest BCUT2D eigenvalue weighted by molar-refractivity contribution is -0.116. The standard InChI is InChI=1S/C29H28F2N4O3/c30-20-11-8-17(9-12-20)26-16-27(36)33-24-15-18(28(37)34-23-7-2-1-6-22(23)32)10-13-25(24)35(26)29(38)19-4-3-5-21(31)14-19/h3-5,8-15,22-23,26H,1-2,6-7,16,32H2,(H,33,36)(H,34,37). The molecule has 196 valence electrons. The van der Waals surface area contributed by atoms with E-state index in [9.17, 15) is 23.2 Å². The molecule has 0 radical (unpaired) electrons. The highest BCUT2D eigenvalue weighted by Crippen LogP contribution is 2.40. The van der Waals surface area contributed by atoms with Crippen LogP contribution >= 0.6 is 0 Å². The van der Waals surface area contributed by atoms with E-state index in [2.05, 4.69) is 10.6 Å². The van der Waals surface area contributed by atoms with Gasteiger partial charge in [0.15, 0.2) is 0 Å². The second-order valence-electron chi connectivity index (χ2n) is 9.77. The highest BCUT2D eigenvalue weighted by Gasteiger charge is 2.35. The summed E-state index contributed by atoms with van der Waals surface area (Å²) in [6.45, 7) is 0. The average molecular weight is 519 g/mol. The van der Waals surface area contributed by atoms with Crippen LogP contribution in [0.1, 0.15) is 64.4 Å². The molecule has 2 aliphatic rings. The van der Waals surface area contributed by atoms with Crippen LogP contribution < -0.4 is 21.3 Å². The molecule has 0 saturated heterocycles. The van der Waals surface area contributed by atoms with Crippen molar-refractivity contribution in [2.75, 3.05) is 10.2 Å². The summed E-state index contributed by atoms with van der Waals surface area (Å²) in [6.07, 6.45) is 3.53. The van der Waals surface area contributed by atoms with Crippen molar-refractivity contribution in [2.24, 2.45) is 5.73 Å². The zero-order valence-electron chi connectivity index (χ0n) is 20.6. The maximum Gasteiger partial charge on any atom is 0.259 e. The van der Waals surface area contributed by atoms with Crippen LogP contribution in [0.15, 0.2) is 66.7 Å². The third-order valence-corrected chi connectivity index (χ3v) is 7.16. The molecule has 1 aliphatic heterocycles. The van der Waals surface area contributed by atoms with Crippen molar-refractivity contribution in [1.29, 1.82) is 0 Å². The predicted octanol–water partition coefficient (Wildman–Crippen LogP) is 4.69. The van der Waals surface area contributed by atoms with Crippen molar-refractivity contribution in [1.82, 2.24) is 5.32 Å². The Kier molecular flexibility index (Phi) is 7.20. The molecule has 0 aromatic heterocycles. The fourth-order valence-corrected chi connectivity index (χ4v) is 5.18. The first-order valence-corrected chi connectivity index (χ1v) is 12.6. The molecule has 3 unspecified atom stereocenters. The van der Waals surface area contributed by atoms with Gasteiger partial charge in [-0.2, -0.15) is 0 Å². The Bertz CT molecular complexity index is 1380. The lowest BCUT2D eigenvalue weighted by Gasteiger charge is -2.31. The van der Waals surface area contributed by atoms with E-state index in [1.807, 2.05) is 0 Å². The Hall–Kier alpha value is -4.11. The Balaban J connectivity index is 1.55. The van der Waals surface area contributed by atoms with Gasteiger partial charge in [-0.05, 0) is 66.9 Å². The molecule has 3 aromatic carbocycles. The number of rotatable bonds is 4. The monoisotopic (exact) mass is 518 g/mol. The van der Waals surface area contributed by atoms with E-state index in [4.69, 9.17) is 5.73 Å². The number of hydrogen-bond acceptors (Lipinski definition) is 4. The number of halogens is 2. The minimum Gasteiger partial charge on any atom is -0.348 e. The van der Waals surface area contributed by atoms with Gasteiger partial charge in [0.2, 0.25) is 5.91 Å². The summed E-state index contributed by atoms with van der Waals surface area (Å²) in [5.41, 5.74) is 7.72. The molecule has 3 amide bonds. The average Bonchev–Trinajstić information content (AvgIpc) is 3.05. The van der Waals surface area contributed by atoms with E-state index >= 15 is 0 Å². The topological polar surface area (TPSA) is 105 Å². The normalized spacial score (nSPS) is 21.2. The van der Waals surface area contributed by atoms with Crippen molar-refractivity contribution >= 4 is 29.1 Å². The molecular formula is C29H28F2N4O3. The summed E-state index contributed by atoms with van der Waals surface area (Å²) in [7, 11) is 0. The van der Waals surface area contributed by atoms with Gasteiger partial charge in [-0.1, -0.05) is 31.0 Å². The van der Waals surface area contributed by atoms with Crippen LogP contribution in [-0.4, -0.2) is 29.8 Å². The van der Waals surface area contributed by atoms with E-state index in [0.29, 0.717) is 16.8 Å². The Morgan fingerprint density at radius 2 is 1.68 bits per heavy atom. The van der Waals surface area contributed by atoms with Crippen LogP contribution in [-0.2, 0) is 4.79 Å². The number of fused-ring (bicyclic) bond motifs is 1. The fourth-order valence-electron chi connectivity index (χ4n) is 5.18. The van der Waals surface area contributed by atoms with Crippen LogP contribution in [0.4, 0.5) is 20.2 Å². The molecule has 3 atom stereocenters. The van der Waals surface area contributed by atoms with Crippen molar-refractivity contribution < 1.29 is 23.2 Å². The Morgan fingerprint density at radius 3 is 2.42 bits per heavy atom. The molecule has 9 heteroatoms. The number of nitrogens with two attached hydrogens (primary N) is 1. The van der Waals surface area contributed by atoms with Crippen LogP contribution in [0.2, 0.25) is 0 Å². The van der Waals surface area contributed by atoms with Crippen molar-refractivity contribution in [3.8, 4) is 0 Å². The number of nitrogens with zero attached hydrogens (tertiary/aromatic N) is 1. The van der Waals surface area contributed by atoms with Gasteiger partial charge in [0, 0.05) is 23.2 Å². The van der Waals surface area contributed by atoms with Crippen molar-refractivity contribution in [2.45, 2.75) is 50.2 Å². The Morgan fingerprint density at radius 1 is 0.921 bits per heavy atom. The smallest absolute Gasteiger partial charge is 0.259 e. The zero-order valence-corrected chi connectivity index (χ0v) is 20.6. The molecule has 38 heavy (non-hydrogen) atoms.